The third kappa shape index (κ3) is 4.17. The van der Waals surface area contributed by atoms with Crippen molar-refractivity contribution in [3.63, 3.8) is 0 Å². The van der Waals surface area contributed by atoms with E-state index in [-0.39, 0.29) is 17.9 Å². The highest BCUT2D eigenvalue weighted by molar-refractivity contribution is 6.46. The van der Waals surface area contributed by atoms with Crippen molar-refractivity contribution in [2.75, 3.05) is 21.3 Å². The van der Waals surface area contributed by atoms with Crippen LogP contribution in [0.25, 0.3) is 5.76 Å². The predicted octanol–water partition coefficient (Wildman–Crippen LogP) is 3.73. The molecule has 1 aliphatic heterocycles. The second kappa shape index (κ2) is 9.66. The van der Waals surface area contributed by atoms with Gasteiger partial charge in [-0.2, -0.15) is 0 Å². The molecule has 0 radical (unpaired) electrons. The molecule has 0 aliphatic carbocycles. The van der Waals surface area contributed by atoms with Crippen LogP contribution in [0.15, 0.2) is 72.6 Å². The first-order valence-electron chi connectivity index (χ1n) is 10.5. The van der Waals surface area contributed by atoms with Gasteiger partial charge in [-0.15, -0.1) is 0 Å². The molecule has 1 fully saturated rings. The number of aliphatic hydroxyl groups excluding tert-OH is 1. The number of ketones is 1. The van der Waals surface area contributed by atoms with Gasteiger partial charge >= 0.3 is 0 Å². The molecule has 34 heavy (non-hydrogen) atoms. The van der Waals surface area contributed by atoms with E-state index in [1.54, 1.807) is 60.9 Å². The highest BCUT2D eigenvalue weighted by Crippen LogP contribution is 2.44. The second-order valence-corrected chi connectivity index (χ2v) is 7.63. The van der Waals surface area contributed by atoms with Crippen LogP contribution in [-0.4, -0.2) is 48.0 Å². The Morgan fingerprint density at radius 1 is 0.971 bits per heavy atom. The summed E-state index contributed by atoms with van der Waals surface area (Å²) in [6, 6.07) is 14.4. The van der Waals surface area contributed by atoms with Gasteiger partial charge in [0, 0.05) is 30.1 Å². The van der Waals surface area contributed by atoms with Gasteiger partial charge in [0.05, 0.1) is 32.9 Å². The lowest BCUT2D eigenvalue weighted by Gasteiger charge is -2.27. The first-order chi connectivity index (χ1) is 16.5. The average molecular weight is 460 g/mol. The van der Waals surface area contributed by atoms with Crippen LogP contribution in [-0.2, 0) is 16.1 Å². The third-order valence-electron chi connectivity index (χ3n) is 5.69. The average Bonchev–Trinajstić information content (AvgIpc) is 3.13. The molecule has 174 valence electrons. The second-order valence-electron chi connectivity index (χ2n) is 7.63. The summed E-state index contributed by atoms with van der Waals surface area (Å²) in [5.41, 5.74) is 1.55. The van der Waals surface area contributed by atoms with Gasteiger partial charge in [-0.05, 0) is 42.0 Å². The molecule has 3 aromatic rings. The molecule has 2 heterocycles. The summed E-state index contributed by atoms with van der Waals surface area (Å²) in [6.45, 7) is 0.109. The highest BCUT2D eigenvalue weighted by atomic mass is 16.5. The fraction of sp³-hybridized carbons (Fsp3) is 0.192. The topological polar surface area (TPSA) is 98.2 Å². The number of rotatable bonds is 7. The van der Waals surface area contributed by atoms with Crippen molar-refractivity contribution in [2.45, 2.75) is 12.6 Å². The number of nitrogens with zero attached hydrogens (tertiary/aromatic N) is 2. The Kier molecular flexibility index (Phi) is 6.49. The first-order valence-corrected chi connectivity index (χ1v) is 10.5. The van der Waals surface area contributed by atoms with E-state index in [0.29, 0.717) is 28.4 Å². The Morgan fingerprint density at radius 2 is 1.74 bits per heavy atom. The van der Waals surface area contributed by atoms with Gasteiger partial charge in [-0.3, -0.25) is 14.6 Å². The molecule has 1 aromatic heterocycles. The quantitative estimate of drug-likeness (QED) is 0.326. The number of Topliss-reactive ketones (excluding diaryl/α,β-unsaturated/α-hetero) is 1. The number of pyridine rings is 1. The van der Waals surface area contributed by atoms with Crippen LogP contribution < -0.4 is 14.2 Å². The van der Waals surface area contributed by atoms with Crippen LogP contribution in [0.5, 0.6) is 17.2 Å². The minimum Gasteiger partial charge on any atom is -0.507 e. The van der Waals surface area contributed by atoms with Gasteiger partial charge in [0.15, 0.2) is 0 Å². The summed E-state index contributed by atoms with van der Waals surface area (Å²) in [6.07, 6.45) is 3.25. The van der Waals surface area contributed by atoms with E-state index in [1.165, 1.54) is 26.2 Å². The molecule has 8 heteroatoms. The molecular formula is C26H24N2O6. The van der Waals surface area contributed by atoms with Gasteiger partial charge in [-0.1, -0.05) is 18.2 Å². The number of methoxy groups -OCH3 is 3. The molecule has 8 nitrogen and oxygen atoms in total. The van der Waals surface area contributed by atoms with Crippen LogP contribution in [0.4, 0.5) is 0 Å². The number of likely N-dealkylation sites (tertiary alicyclic amines) is 1. The Labute approximate surface area is 197 Å². The van der Waals surface area contributed by atoms with E-state index in [4.69, 9.17) is 14.2 Å². The van der Waals surface area contributed by atoms with Crippen LogP contribution >= 0.6 is 0 Å². The molecule has 1 amide bonds. The maximum Gasteiger partial charge on any atom is 0.295 e. The number of carbonyl (C=O) groups excluding carboxylic acids is 2. The molecule has 1 saturated heterocycles. The fourth-order valence-electron chi connectivity index (χ4n) is 4.03. The summed E-state index contributed by atoms with van der Waals surface area (Å²) in [5, 5.41) is 11.3. The number of aliphatic hydroxyl groups is 1. The third-order valence-corrected chi connectivity index (χ3v) is 5.69. The summed E-state index contributed by atoms with van der Waals surface area (Å²) in [5.74, 6) is -0.364. The maximum absolute atomic E-state index is 13.3. The number of carbonyl (C=O) groups is 2. The summed E-state index contributed by atoms with van der Waals surface area (Å²) in [4.78, 5) is 32.0. The monoisotopic (exact) mass is 460 g/mol. The number of benzene rings is 2. The number of amides is 1. The lowest BCUT2D eigenvalue weighted by atomic mass is 9.94. The molecule has 0 unspecified atom stereocenters. The van der Waals surface area contributed by atoms with Crippen molar-refractivity contribution in [1.82, 2.24) is 9.88 Å². The highest BCUT2D eigenvalue weighted by Gasteiger charge is 2.47. The molecule has 0 bridgehead atoms. The number of hydrogen-bond acceptors (Lipinski definition) is 7. The standard InChI is InChI=1S/C26H24N2O6/c1-32-18-8-4-7-17(12-18)24(29)22-23(20-13-19(33-2)9-10-21(20)34-3)28(26(31)25(22)30)15-16-6-5-11-27-14-16/h4-14,23,29H,15H2,1-3H3/b24-22+/t23-/m0/s1. The molecule has 1 N–H and O–H groups in total. The van der Waals surface area contributed by atoms with Crippen LogP contribution in [0, 0.1) is 0 Å². The number of ether oxygens (including phenoxy) is 3. The van der Waals surface area contributed by atoms with E-state index in [2.05, 4.69) is 4.98 Å². The summed E-state index contributed by atoms with van der Waals surface area (Å²) >= 11 is 0. The molecule has 0 saturated carbocycles. The fourth-order valence-corrected chi connectivity index (χ4v) is 4.03. The van der Waals surface area contributed by atoms with Crippen LogP contribution in [0.1, 0.15) is 22.7 Å². The van der Waals surface area contributed by atoms with Crippen molar-refractivity contribution in [1.29, 1.82) is 0 Å². The van der Waals surface area contributed by atoms with Crippen LogP contribution in [0.2, 0.25) is 0 Å². The minimum atomic E-state index is -0.920. The zero-order chi connectivity index (χ0) is 24.2. The van der Waals surface area contributed by atoms with E-state index in [1.807, 2.05) is 6.07 Å². The maximum atomic E-state index is 13.3. The molecule has 1 atom stereocenters. The van der Waals surface area contributed by atoms with Crippen molar-refractivity contribution in [3.8, 4) is 17.2 Å². The normalized spacial score (nSPS) is 17.0. The van der Waals surface area contributed by atoms with Crippen molar-refractivity contribution in [3.05, 3.63) is 89.3 Å². The number of aromatic nitrogens is 1. The SMILES string of the molecule is COc1cccc(/C(O)=C2\C(=O)C(=O)N(Cc3cccnc3)[C@H]2c2cc(OC)ccc2OC)c1. The van der Waals surface area contributed by atoms with Crippen LogP contribution in [0.3, 0.4) is 0 Å². The van der Waals surface area contributed by atoms with E-state index >= 15 is 0 Å². The summed E-state index contributed by atoms with van der Waals surface area (Å²) in [7, 11) is 4.53. The number of hydrogen-bond donors (Lipinski definition) is 1. The van der Waals surface area contributed by atoms with E-state index in [0.717, 1.165) is 5.56 Å². The Bertz CT molecular complexity index is 1260. The molecule has 4 rings (SSSR count). The van der Waals surface area contributed by atoms with Gasteiger partial charge < -0.3 is 24.2 Å². The molecular weight excluding hydrogens is 436 g/mol. The molecule has 2 aromatic carbocycles. The van der Waals surface area contributed by atoms with Gasteiger partial charge in [0.2, 0.25) is 0 Å². The predicted molar refractivity (Wildman–Crippen MR) is 125 cm³/mol. The van der Waals surface area contributed by atoms with E-state index in [9.17, 15) is 14.7 Å². The Hall–Kier alpha value is -4.33. The van der Waals surface area contributed by atoms with Crippen molar-refractivity contribution >= 4 is 17.4 Å². The largest absolute Gasteiger partial charge is 0.507 e. The Balaban J connectivity index is 1.94. The minimum absolute atomic E-state index is 0.0475. The smallest absolute Gasteiger partial charge is 0.295 e. The Morgan fingerprint density at radius 3 is 2.41 bits per heavy atom. The van der Waals surface area contributed by atoms with Crippen molar-refractivity contribution in [2.24, 2.45) is 0 Å². The van der Waals surface area contributed by atoms with E-state index < -0.39 is 17.7 Å². The first kappa shape index (κ1) is 22.8. The van der Waals surface area contributed by atoms with Gasteiger partial charge in [-0.25, -0.2) is 0 Å². The lowest BCUT2D eigenvalue weighted by Crippen LogP contribution is -2.29. The zero-order valence-corrected chi connectivity index (χ0v) is 19.0. The molecule has 1 aliphatic rings. The van der Waals surface area contributed by atoms with Gasteiger partial charge in [0.25, 0.3) is 11.7 Å². The molecule has 0 spiro atoms. The van der Waals surface area contributed by atoms with Gasteiger partial charge in [0.1, 0.15) is 23.0 Å². The zero-order valence-electron chi connectivity index (χ0n) is 19.0. The lowest BCUT2D eigenvalue weighted by molar-refractivity contribution is -0.140. The van der Waals surface area contributed by atoms with Crippen molar-refractivity contribution < 1.29 is 28.9 Å². The summed E-state index contributed by atoms with van der Waals surface area (Å²) < 4.78 is 16.2.